The second-order valence-electron chi connectivity index (χ2n) is 2.09. The van der Waals surface area contributed by atoms with Crippen molar-refractivity contribution in [2.24, 2.45) is 5.73 Å². The Bertz CT molecular complexity index is 68.8. The number of nitrogens with two attached hydrogens (primary N) is 1. The van der Waals surface area contributed by atoms with Gasteiger partial charge < -0.3 is 15.6 Å². The third-order valence-corrected chi connectivity index (χ3v) is 1.29. The van der Waals surface area contributed by atoms with Crippen LogP contribution >= 0.6 is 0 Å². The summed E-state index contributed by atoms with van der Waals surface area (Å²) in [5.41, 5.74) is 5.34. The standard InChI is InChI=1S/C5H11NO2/c6-5-3-4(7)1-2-8-5/h4-5,7H,1-3,6H2. The maximum Gasteiger partial charge on any atom is 0.108 e. The Morgan fingerprint density at radius 3 is 2.75 bits per heavy atom. The van der Waals surface area contributed by atoms with Gasteiger partial charge in [-0.15, -0.1) is 0 Å². The molecule has 0 bridgehead atoms. The number of hydrogen-bond acceptors (Lipinski definition) is 3. The highest BCUT2D eigenvalue weighted by atomic mass is 16.5. The summed E-state index contributed by atoms with van der Waals surface area (Å²) in [6.45, 7) is 0.600. The van der Waals surface area contributed by atoms with Gasteiger partial charge in [-0.3, -0.25) is 0 Å². The van der Waals surface area contributed by atoms with Crippen molar-refractivity contribution in [1.29, 1.82) is 0 Å². The Hall–Kier alpha value is -0.120. The summed E-state index contributed by atoms with van der Waals surface area (Å²) in [7, 11) is 0. The van der Waals surface area contributed by atoms with Gasteiger partial charge in [0.1, 0.15) is 6.23 Å². The molecule has 1 rings (SSSR count). The molecule has 1 aliphatic rings. The predicted octanol–water partition coefficient (Wildman–Crippen LogP) is -0.558. The molecule has 0 amide bonds. The van der Waals surface area contributed by atoms with Crippen LogP contribution < -0.4 is 5.73 Å². The van der Waals surface area contributed by atoms with E-state index in [0.29, 0.717) is 13.0 Å². The molecule has 1 saturated heterocycles. The molecule has 0 aliphatic carbocycles. The van der Waals surface area contributed by atoms with E-state index in [1.807, 2.05) is 0 Å². The third kappa shape index (κ3) is 1.43. The van der Waals surface area contributed by atoms with E-state index in [2.05, 4.69) is 0 Å². The van der Waals surface area contributed by atoms with Crippen LogP contribution in [0.3, 0.4) is 0 Å². The molecule has 0 spiro atoms. The van der Waals surface area contributed by atoms with Gasteiger partial charge in [0.05, 0.1) is 12.7 Å². The lowest BCUT2D eigenvalue weighted by atomic mass is 10.1. The minimum absolute atomic E-state index is 0.237. The van der Waals surface area contributed by atoms with Gasteiger partial charge in [0, 0.05) is 6.42 Å². The fraction of sp³-hybridized carbons (Fsp3) is 1.00. The van der Waals surface area contributed by atoms with E-state index in [1.165, 1.54) is 0 Å². The van der Waals surface area contributed by atoms with E-state index in [4.69, 9.17) is 15.6 Å². The van der Waals surface area contributed by atoms with E-state index in [-0.39, 0.29) is 12.3 Å². The normalized spacial score (nSPS) is 39.8. The van der Waals surface area contributed by atoms with Gasteiger partial charge in [0.2, 0.25) is 0 Å². The molecule has 0 saturated carbocycles. The molecular weight excluding hydrogens is 106 g/mol. The fourth-order valence-corrected chi connectivity index (χ4v) is 0.810. The average Bonchev–Trinajstić information content (AvgIpc) is 1.64. The number of aliphatic hydroxyl groups excluding tert-OH is 1. The maximum absolute atomic E-state index is 8.92. The van der Waals surface area contributed by atoms with Crippen LogP contribution in [0.5, 0.6) is 0 Å². The average molecular weight is 117 g/mol. The van der Waals surface area contributed by atoms with Crippen molar-refractivity contribution < 1.29 is 9.84 Å². The predicted molar refractivity (Wildman–Crippen MR) is 29.2 cm³/mol. The summed E-state index contributed by atoms with van der Waals surface area (Å²) >= 11 is 0. The Balaban J connectivity index is 2.23. The highest BCUT2D eigenvalue weighted by Gasteiger charge is 2.16. The number of aliphatic hydroxyl groups is 1. The summed E-state index contributed by atoms with van der Waals surface area (Å²) in [5.74, 6) is 0. The van der Waals surface area contributed by atoms with Crippen LogP contribution in [-0.4, -0.2) is 24.0 Å². The largest absolute Gasteiger partial charge is 0.393 e. The lowest BCUT2D eigenvalue weighted by Crippen LogP contribution is -2.34. The summed E-state index contributed by atoms with van der Waals surface area (Å²) in [6.07, 6.45) is 0.839. The van der Waals surface area contributed by atoms with Gasteiger partial charge in [-0.25, -0.2) is 0 Å². The van der Waals surface area contributed by atoms with Crippen LogP contribution in [0.1, 0.15) is 12.8 Å². The molecule has 2 unspecified atom stereocenters. The fourth-order valence-electron chi connectivity index (χ4n) is 0.810. The molecule has 0 aromatic rings. The van der Waals surface area contributed by atoms with Gasteiger partial charge in [0.25, 0.3) is 0 Å². The lowest BCUT2D eigenvalue weighted by Gasteiger charge is -2.22. The summed E-state index contributed by atoms with van der Waals surface area (Å²) < 4.78 is 4.97. The first-order chi connectivity index (χ1) is 3.79. The minimum atomic E-state index is -0.237. The second kappa shape index (κ2) is 2.44. The second-order valence-corrected chi connectivity index (χ2v) is 2.09. The van der Waals surface area contributed by atoms with E-state index < -0.39 is 0 Å². The Labute approximate surface area is 48.4 Å². The SMILES string of the molecule is NC1CC(O)CCO1. The van der Waals surface area contributed by atoms with Crippen molar-refractivity contribution in [3.05, 3.63) is 0 Å². The number of hydrogen-bond donors (Lipinski definition) is 2. The van der Waals surface area contributed by atoms with Crippen molar-refractivity contribution in [2.45, 2.75) is 25.2 Å². The first kappa shape index (κ1) is 6.01. The molecule has 1 aliphatic heterocycles. The zero-order valence-electron chi connectivity index (χ0n) is 4.71. The smallest absolute Gasteiger partial charge is 0.108 e. The Kier molecular flexibility index (Phi) is 1.83. The van der Waals surface area contributed by atoms with E-state index in [9.17, 15) is 0 Å². The Morgan fingerprint density at radius 1 is 1.62 bits per heavy atom. The summed E-state index contributed by atoms with van der Waals surface area (Å²) in [4.78, 5) is 0. The van der Waals surface area contributed by atoms with E-state index >= 15 is 0 Å². The molecule has 1 fully saturated rings. The van der Waals surface area contributed by atoms with Crippen molar-refractivity contribution in [3.8, 4) is 0 Å². The van der Waals surface area contributed by atoms with Gasteiger partial charge in [-0.05, 0) is 6.42 Å². The molecular formula is C5H11NO2. The van der Waals surface area contributed by atoms with Gasteiger partial charge in [0.15, 0.2) is 0 Å². The van der Waals surface area contributed by atoms with Gasteiger partial charge in [-0.2, -0.15) is 0 Å². The molecule has 1 heterocycles. The molecule has 3 N–H and O–H groups in total. The first-order valence-electron chi connectivity index (χ1n) is 2.84. The monoisotopic (exact) mass is 117 g/mol. The quantitative estimate of drug-likeness (QED) is 0.447. The zero-order chi connectivity index (χ0) is 5.98. The molecule has 3 heteroatoms. The van der Waals surface area contributed by atoms with Crippen molar-refractivity contribution in [1.82, 2.24) is 0 Å². The molecule has 3 nitrogen and oxygen atoms in total. The highest BCUT2D eigenvalue weighted by molar-refractivity contribution is 4.64. The maximum atomic E-state index is 8.92. The lowest BCUT2D eigenvalue weighted by molar-refractivity contribution is -0.0397. The first-order valence-corrected chi connectivity index (χ1v) is 2.84. The van der Waals surface area contributed by atoms with E-state index in [0.717, 1.165) is 6.42 Å². The van der Waals surface area contributed by atoms with E-state index in [1.54, 1.807) is 0 Å². The van der Waals surface area contributed by atoms with Crippen LogP contribution in [0, 0.1) is 0 Å². The van der Waals surface area contributed by atoms with Crippen molar-refractivity contribution in [2.75, 3.05) is 6.61 Å². The van der Waals surface area contributed by atoms with Crippen LogP contribution in [0.15, 0.2) is 0 Å². The third-order valence-electron chi connectivity index (χ3n) is 1.29. The summed E-state index contributed by atoms with van der Waals surface area (Å²) in [6, 6.07) is 0. The highest BCUT2D eigenvalue weighted by Crippen LogP contribution is 2.08. The minimum Gasteiger partial charge on any atom is -0.393 e. The summed E-state index contributed by atoms with van der Waals surface area (Å²) in [5, 5.41) is 8.92. The number of rotatable bonds is 0. The number of ether oxygens (including phenoxy) is 1. The molecule has 0 aromatic carbocycles. The molecule has 8 heavy (non-hydrogen) atoms. The van der Waals surface area contributed by atoms with Crippen molar-refractivity contribution in [3.63, 3.8) is 0 Å². The van der Waals surface area contributed by atoms with Crippen LogP contribution in [0.2, 0.25) is 0 Å². The van der Waals surface area contributed by atoms with Crippen LogP contribution in [0.4, 0.5) is 0 Å². The van der Waals surface area contributed by atoms with Crippen LogP contribution in [-0.2, 0) is 4.74 Å². The van der Waals surface area contributed by atoms with Crippen molar-refractivity contribution >= 4 is 0 Å². The molecule has 48 valence electrons. The topological polar surface area (TPSA) is 55.5 Å². The van der Waals surface area contributed by atoms with Crippen LogP contribution in [0.25, 0.3) is 0 Å². The molecule has 0 radical (unpaired) electrons. The van der Waals surface area contributed by atoms with Gasteiger partial charge >= 0.3 is 0 Å². The molecule has 2 atom stereocenters. The van der Waals surface area contributed by atoms with Gasteiger partial charge in [-0.1, -0.05) is 0 Å². The molecule has 0 aromatic heterocycles. The Morgan fingerprint density at radius 2 is 2.38 bits per heavy atom. The zero-order valence-corrected chi connectivity index (χ0v) is 4.71.